The standard InChI is InChI=1S/C11H25N3/c1-9-6-5-7-11(8-9,14(3)4)10(2)13-12/h9-10,13H,5-8,12H2,1-4H3. The third-order valence-corrected chi connectivity index (χ3v) is 3.96. The lowest BCUT2D eigenvalue weighted by Crippen LogP contribution is -2.61. The topological polar surface area (TPSA) is 41.3 Å². The molecule has 0 bridgehead atoms. The van der Waals surface area contributed by atoms with E-state index in [0.717, 1.165) is 5.92 Å². The zero-order chi connectivity index (χ0) is 10.8. The molecule has 3 heteroatoms. The van der Waals surface area contributed by atoms with Gasteiger partial charge in [-0.1, -0.05) is 19.8 Å². The lowest BCUT2D eigenvalue weighted by molar-refractivity contribution is 0.0435. The van der Waals surface area contributed by atoms with Gasteiger partial charge in [-0.15, -0.1) is 0 Å². The molecule has 0 aliphatic heterocycles. The van der Waals surface area contributed by atoms with E-state index < -0.39 is 0 Å². The molecule has 1 aliphatic rings. The minimum Gasteiger partial charge on any atom is -0.302 e. The van der Waals surface area contributed by atoms with Crippen LogP contribution in [0.5, 0.6) is 0 Å². The molecule has 0 spiro atoms. The highest BCUT2D eigenvalue weighted by molar-refractivity contribution is 4.99. The smallest absolute Gasteiger partial charge is 0.0369 e. The Labute approximate surface area is 88.0 Å². The predicted octanol–water partition coefficient (Wildman–Crippen LogP) is 1.35. The van der Waals surface area contributed by atoms with E-state index in [1.807, 2.05) is 0 Å². The normalized spacial score (nSPS) is 36.0. The summed E-state index contributed by atoms with van der Waals surface area (Å²) in [6.07, 6.45) is 5.21. The molecule has 3 atom stereocenters. The largest absolute Gasteiger partial charge is 0.302 e. The summed E-state index contributed by atoms with van der Waals surface area (Å²) in [5, 5.41) is 0. The van der Waals surface area contributed by atoms with Crippen LogP contribution in [0.4, 0.5) is 0 Å². The second-order valence-electron chi connectivity index (χ2n) is 5.09. The first-order chi connectivity index (χ1) is 6.53. The zero-order valence-electron chi connectivity index (χ0n) is 10.0. The highest BCUT2D eigenvalue weighted by Gasteiger charge is 2.41. The van der Waals surface area contributed by atoms with Crippen molar-refractivity contribution < 1.29 is 0 Å². The molecule has 0 aromatic heterocycles. The fourth-order valence-electron chi connectivity index (χ4n) is 2.91. The molecular formula is C11H25N3. The van der Waals surface area contributed by atoms with Crippen LogP contribution < -0.4 is 11.3 Å². The Morgan fingerprint density at radius 1 is 1.50 bits per heavy atom. The molecule has 0 saturated heterocycles. The monoisotopic (exact) mass is 199 g/mol. The van der Waals surface area contributed by atoms with Gasteiger partial charge >= 0.3 is 0 Å². The summed E-state index contributed by atoms with van der Waals surface area (Å²) in [4.78, 5) is 2.35. The molecule has 84 valence electrons. The first-order valence-corrected chi connectivity index (χ1v) is 5.66. The van der Waals surface area contributed by atoms with Gasteiger partial charge in [-0.2, -0.15) is 0 Å². The van der Waals surface area contributed by atoms with Gasteiger partial charge in [0.25, 0.3) is 0 Å². The van der Waals surface area contributed by atoms with Gasteiger partial charge in [0.15, 0.2) is 0 Å². The molecule has 1 fully saturated rings. The van der Waals surface area contributed by atoms with E-state index in [-0.39, 0.29) is 5.54 Å². The van der Waals surface area contributed by atoms with Crippen LogP contribution in [-0.2, 0) is 0 Å². The van der Waals surface area contributed by atoms with Gasteiger partial charge in [-0.3, -0.25) is 11.3 Å². The number of likely N-dealkylation sites (N-methyl/N-ethyl adjacent to an activating group) is 1. The van der Waals surface area contributed by atoms with E-state index in [2.05, 4.69) is 38.3 Å². The minimum atomic E-state index is 0.256. The summed E-state index contributed by atoms with van der Waals surface area (Å²) >= 11 is 0. The van der Waals surface area contributed by atoms with Crippen LogP contribution in [-0.4, -0.2) is 30.6 Å². The summed E-state index contributed by atoms with van der Waals surface area (Å²) in [7, 11) is 4.34. The molecule has 1 saturated carbocycles. The molecular weight excluding hydrogens is 174 g/mol. The fourth-order valence-corrected chi connectivity index (χ4v) is 2.91. The number of hydrazine groups is 1. The van der Waals surface area contributed by atoms with Crippen LogP contribution in [0.15, 0.2) is 0 Å². The average molecular weight is 199 g/mol. The SMILES string of the molecule is CC1CCCC(C(C)NN)(N(C)C)C1. The summed E-state index contributed by atoms with van der Waals surface area (Å²) in [5.74, 6) is 6.42. The Morgan fingerprint density at radius 3 is 2.57 bits per heavy atom. The molecule has 3 N–H and O–H groups in total. The lowest BCUT2D eigenvalue weighted by Gasteiger charge is -2.49. The van der Waals surface area contributed by atoms with Gasteiger partial charge in [0.2, 0.25) is 0 Å². The molecule has 1 aliphatic carbocycles. The lowest BCUT2D eigenvalue weighted by atomic mass is 9.72. The van der Waals surface area contributed by atoms with Crippen molar-refractivity contribution in [2.45, 2.75) is 51.1 Å². The van der Waals surface area contributed by atoms with E-state index in [1.165, 1.54) is 25.7 Å². The number of rotatable bonds is 3. The van der Waals surface area contributed by atoms with Gasteiger partial charge in [0.1, 0.15) is 0 Å². The zero-order valence-corrected chi connectivity index (χ0v) is 10.0. The van der Waals surface area contributed by atoms with Crippen molar-refractivity contribution >= 4 is 0 Å². The van der Waals surface area contributed by atoms with Crippen molar-refractivity contribution in [1.29, 1.82) is 0 Å². The van der Waals surface area contributed by atoms with Crippen molar-refractivity contribution in [1.82, 2.24) is 10.3 Å². The molecule has 0 amide bonds. The van der Waals surface area contributed by atoms with Gasteiger partial charge in [-0.05, 0) is 39.8 Å². The van der Waals surface area contributed by atoms with E-state index >= 15 is 0 Å². The van der Waals surface area contributed by atoms with Crippen LogP contribution in [0.1, 0.15) is 39.5 Å². The van der Waals surface area contributed by atoms with Crippen LogP contribution in [0.25, 0.3) is 0 Å². The molecule has 1 rings (SSSR count). The Hall–Kier alpha value is -0.120. The summed E-state index contributed by atoms with van der Waals surface area (Å²) in [5.41, 5.74) is 3.19. The van der Waals surface area contributed by atoms with E-state index in [9.17, 15) is 0 Å². The average Bonchev–Trinajstić information content (AvgIpc) is 2.16. The molecule has 0 aromatic rings. The van der Waals surface area contributed by atoms with Crippen LogP contribution in [0.2, 0.25) is 0 Å². The highest BCUT2D eigenvalue weighted by Crippen LogP contribution is 2.37. The van der Waals surface area contributed by atoms with Crippen molar-refractivity contribution in [3.8, 4) is 0 Å². The molecule has 0 aromatic carbocycles. The minimum absolute atomic E-state index is 0.256. The summed E-state index contributed by atoms with van der Waals surface area (Å²) in [6, 6.07) is 0.361. The van der Waals surface area contributed by atoms with E-state index in [0.29, 0.717) is 6.04 Å². The van der Waals surface area contributed by atoms with Crippen molar-refractivity contribution in [2.24, 2.45) is 11.8 Å². The van der Waals surface area contributed by atoms with Gasteiger partial charge < -0.3 is 4.90 Å². The number of hydrogen-bond donors (Lipinski definition) is 2. The number of nitrogens with zero attached hydrogens (tertiary/aromatic N) is 1. The highest BCUT2D eigenvalue weighted by atomic mass is 15.3. The Balaban J connectivity index is 2.80. The van der Waals surface area contributed by atoms with Crippen molar-refractivity contribution in [3.05, 3.63) is 0 Å². The quantitative estimate of drug-likeness (QED) is 0.532. The van der Waals surface area contributed by atoms with Crippen molar-refractivity contribution in [2.75, 3.05) is 14.1 Å². The van der Waals surface area contributed by atoms with E-state index in [4.69, 9.17) is 5.84 Å². The fraction of sp³-hybridized carbons (Fsp3) is 1.00. The van der Waals surface area contributed by atoms with Gasteiger partial charge in [0.05, 0.1) is 0 Å². The maximum atomic E-state index is 5.59. The Kier molecular flexibility index (Phi) is 3.93. The van der Waals surface area contributed by atoms with Crippen LogP contribution in [0.3, 0.4) is 0 Å². The third-order valence-electron chi connectivity index (χ3n) is 3.96. The van der Waals surface area contributed by atoms with Crippen molar-refractivity contribution in [3.63, 3.8) is 0 Å². The summed E-state index contributed by atoms with van der Waals surface area (Å²) in [6.45, 7) is 4.54. The van der Waals surface area contributed by atoms with Crippen LogP contribution >= 0.6 is 0 Å². The molecule has 3 nitrogen and oxygen atoms in total. The Morgan fingerprint density at radius 2 is 2.14 bits per heavy atom. The summed E-state index contributed by atoms with van der Waals surface area (Å²) < 4.78 is 0. The maximum absolute atomic E-state index is 5.59. The van der Waals surface area contributed by atoms with Gasteiger partial charge in [0, 0.05) is 11.6 Å². The molecule has 3 unspecified atom stereocenters. The predicted molar refractivity (Wildman–Crippen MR) is 60.8 cm³/mol. The number of hydrogen-bond acceptors (Lipinski definition) is 3. The molecule has 0 radical (unpaired) electrons. The molecule has 14 heavy (non-hydrogen) atoms. The van der Waals surface area contributed by atoms with Crippen LogP contribution in [0, 0.1) is 5.92 Å². The molecule has 0 heterocycles. The first kappa shape index (κ1) is 12.0. The van der Waals surface area contributed by atoms with E-state index in [1.54, 1.807) is 0 Å². The maximum Gasteiger partial charge on any atom is 0.0369 e. The Bertz CT molecular complexity index is 181. The number of nitrogens with one attached hydrogen (secondary N) is 1. The van der Waals surface area contributed by atoms with Gasteiger partial charge in [-0.25, -0.2) is 0 Å². The second kappa shape index (κ2) is 4.60. The third kappa shape index (κ3) is 2.10. The number of nitrogens with two attached hydrogens (primary N) is 1. The second-order valence-corrected chi connectivity index (χ2v) is 5.09. The first-order valence-electron chi connectivity index (χ1n) is 5.66.